The summed E-state index contributed by atoms with van der Waals surface area (Å²) in [5.74, 6) is 0.486. The fourth-order valence-corrected chi connectivity index (χ4v) is 5.88. The molecule has 0 radical (unpaired) electrons. The molecule has 0 bridgehead atoms. The van der Waals surface area contributed by atoms with Crippen molar-refractivity contribution in [1.82, 2.24) is 29.5 Å². The first kappa shape index (κ1) is 23.9. The molecule has 2 fully saturated rings. The number of aromatic nitrogens is 4. The smallest absolute Gasteiger partial charge is 0.164 e. The molecule has 0 amide bonds. The Kier molecular flexibility index (Phi) is 6.76. The lowest BCUT2D eigenvalue weighted by Gasteiger charge is -2.41. The minimum Gasteiger partial charge on any atom is -0.383 e. The number of anilines is 2. The molecule has 37 heavy (non-hydrogen) atoms. The molecule has 3 N–H and O–H groups in total. The maximum atomic E-state index is 6.41. The molecule has 0 spiro atoms. The van der Waals surface area contributed by atoms with Gasteiger partial charge in [0.1, 0.15) is 17.8 Å². The van der Waals surface area contributed by atoms with Gasteiger partial charge in [-0.2, -0.15) is 5.10 Å². The van der Waals surface area contributed by atoms with Crippen molar-refractivity contribution in [2.45, 2.75) is 44.3 Å². The van der Waals surface area contributed by atoms with E-state index in [1.807, 2.05) is 6.07 Å². The summed E-state index contributed by atoms with van der Waals surface area (Å²) in [7, 11) is 2.22. The minimum absolute atomic E-state index is 0.327. The molecule has 2 aromatic heterocycles. The van der Waals surface area contributed by atoms with Crippen LogP contribution < -0.4 is 11.1 Å². The topological polar surface area (TPSA) is 88.1 Å². The van der Waals surface area contributed by atoms with Crippen molar-refractivity contribution in [2.24, 2.45) is 0 Å². The molecule has 2 aromatic carbocycles. The van der Waals surface area contributed by atoms with E-state index in [0.29, 0.717) is 17.9 Å². The molecular formula is C29H36N8. The molecule has 4 aromatic rings. The zero-order valence-electron chi connectivity index (χ0n) is 21.6. The summed E-state index contributed by atoms with van der Waals surface area (Å²) in [4.78, 5) is 14.1. The maximum Gasteiger partial charge on any atom is 0.164 e. The number of nitrogens with one attached hydrogen (secondary N) is 1. The van der Waals surface area contributed by atoms with Gasteiger partial charge in [-0.1, -0.05) is 42.5 Å². The van der Waals surface area contributed by atoms with Crippen molar-refractivity contribution in [2.75, 3.05) is 44.3 Å². The summed E-state index contributed by atoms with van der Waals surface area (Å²) in [6, 6.07) is 19.8. The van der Waals surface area contributed by atoms with Crippen molar-refractivity contribution in [3.63, 3.8) is 0 Å². The number of likely N-dealkylation sites (N-methyl/N-ethyl adjacent to an activating group) is 1. The van der Waals surface area contributed by atoms with E-state index < -0.39 is 0 Å². The third kappa shape index (κ3) is 5.04. The Hall–Kier alpha value is -3.49. The molecule has 8 nitrogen and oxygen atoms in total. The van der Waals surface area contributed by atoms with Crippen molar-refractivity contribution in [3.8, 4) is 11.3 Å². The molecular weight excluding hydrogens is 460 g/mol. The van der Waals surface area contributed by atoms with Crippen LogP contribution in [-0.2, 0) is 6.54 Å². The Labute approximate surface area is 218 Å². The molecule has 192 valence electrons. The van der Waals surface area contributed by atoms with E-state index in [9.17, 15) is 0 Å². The lowest BCUT2D eigenvalue weighted by Crippen LogP contribution is -2.49. The standard InChI is InChI=1S/C29H36N8/c1-35-14-16-36(17-15-35)24-10-12-25(13-11-24)37-29-26(28(30)32-20-33-29)27(34-37)22-8-5-9-23(18-22)31-19-21-6-3-2-4-7-21/h2-9,18,20,24-25,31H,10-17,19H2,1H3,(H2,30,32,33). The second kappa shape index (κ2) is 10.5. The van der Waals surface area contributed by atoms with E-state index in [0.717, 1.165) is 47.4 Å². The Balaban J connectivity index is 1.24. The van der Waals surface area contributed by atoms with Crippen LogP contribution in [0.25, 0.3) is 22.3 Å². The van der Waals surface area contributed by atoms with Gasteiger partial charge in [-0.3, -0.25) is 4.90 Å². The van der Waals surface area contributed by atoms with Crippen LogP contribution in [0.15, 0.2) is 60.9 Å². The minimum atomic E-state index is 0.327. The van der Waals surface area contributed by atoms with Gasteiger partial charge in [0.05, 0.1) is 11.4 Å². The Bertz CT molecular complexity index is 1330. The van der Waals surface area contributed by atoms with Gasteiger partial charge >= 0.3 is 0 Å². The molecule has 8 heteroatoms. The molecule has 1 aliphatic heterocycles. The first-order valence-electron chi connectivity index (χ1n) is 13.5. The van der Waals surface area contributed by atoms with Gasteiger partial charge in [0, 0.05) is 50.0 Å². The first-order valence-corrected chi connectivity index (χ1v) is 13.5. The number of nitrogens with two attached hydrogens (primary N) is 1. The van der Waals surface area contributed by atoms with Gasteiger partial charge in [0.2, 0.25) is 0 Å². The average molecular weight is 497 g/mol. The number of fused-ring (bicyclic) bond motifs is 1. The average Bonchev–Trinajstić information content (AvgIpc) is 3.34. The number of piperazine rings is 1. The monoisotopic (exact) mass is 496 g/mol. The Morgan fingerprint density at radius 3 is 2.43 bits per heavy atom. The van der Waals surface area contributed by atoms with Crippen LogP contribution in [0.2, 0.25) is 0 Å². The van der Waals surface area contributed by atoms with Gasteiger partial charge < -0.3 is 16.0 Å². The summed E-state index contributed by atoms with van der Waals surface area (Å²) < 4.78 is 2.13. The second-order valence-electron chi connectivity index (χ2n) is 10.5. The van der Waals surface area contributed by atoms with E-state index in [4.69, 9.17) is 10.8 Å². The van der Waals surface area contributed by atoms with Crippen LogP contribution in [0.1, 0.15) is 37.3 Å². The van der Waals surface area contributed by atoms with Crippen molar-refractivity contribution >= 4 is 22.5 Å². The highest BCUT2D eigenvalue weighted by atomic mass is 15.3. The van der Waals surface area contributed by atoms with Crippen LogP contribution in [0.5, 0.6) is 0 Å². The number of nitrogens with zero attached hydrogens (tertiary/aromatic N) is 6. The van der Waals surface area contributed by atoms with Crippen molar-refractivity contribution in [3.05, 3.63) is 66.5 Å². The number of rotatable bonds is 6. The van der Waals surface area contributed by atoms with E-state index in [-0.39, 0.29) is 0 Å². The molecule has 0 atom stereocenters. The fourth-order valence-electron chi connectivity index (χ4n) is 5.88. The summed E-state index contributed by atoms with van der Waals surface area (Å²) in [6.45, 7) is 5.46. The first-order chi connectivity index (χ1) is 18.2. The molecule has 6 rings (SSSR count). The fraction of sp³-hybridized carbons (Fsp3) is 0.414. The summed E-state index contributed by atoms with van der Waals surface area (Å²) in [5, 5.41) is 9.53. The molecule has 3 heterocycles. The predicted octanol–water partition coefficient (Wildman–Crippen LogP) is 4.42. The molecule has 1 saturated carbocycles. The normalized spacial score (nSPS) is 21.3. The van der Waals surface area contributed by atoms with E-state index >= 15 is 0 Å². The second-order valence-corrected chi connectivity index (χ2v) is 10.5. The lowest BCUT2D eigenvalue weighted by molar-refractivity contribution is 0.0815. The highest BCUT2D eigenvalue weighted by molar-refractivity contribution is 5.98. The predicted molar refractivity (Wildman–Crippen MR) is 149 cm³/mol. The van der Waals surface area contributed by atoms with Crippen molar-refractivity contribution in [1.29, 1.82) is 0 Å². The van der Waals surface area contributed by atoms with Gasteiger partial charge in [-0.05, 0) is 50.4 Å². The molecule has 1 aliphatic carbocycles. The SMILES string of the molecule is CN1CCN(C2CCC(n3nc(-c4cccc(NCc5ccccc5)c4)c4c(N)ncnc43)CC2)CC1. The van der Waals surface area contributed by atoms with E-state index in [1.165, 1.54) is 44.6 Å². The third-order valence-electron chi connectivity index (χ3n) is 8.06. The quantitative estimate of drug-likeness (QED) is 0.409. The van der Waals surface area contributed by atoms with Crippen molar-refractivity contribution < 1.29 is 0 Å². The van der Waals surface area contributed by atoms with Crippen LogP contribution in [0.4, 0.5) is 11.5 Å². The van der Waals surface area contributed by atoms with Gasteiger partial charge in [-0.15, -0.1) is 0 Å². The summed E-state index contributed by atoms with van der Waals surface area (Å²) >= 11 is 0. The Morgan fingerprint density at radius 2 is 1.65 bits per heavy atom. The zero-order chi connectivity index (χ0) is 25.2. The summed E-state index contributed by atoms with van der Waals surface area (Å²) in [6.07, 6.45) is 6.17. The number of hydrogen-bond acceptors (Lipinski definition) is 7. The Morgan fingerprint density at radius 1 is 0.892 bits per heavy atom. The molecule has 2 aliphatic rings. The van der Waals surface area contributed by atoms with Crippen LogP contribution >= 0.6 is 0 Å². The molecule has 1 saturated heterocycles. The van der Waals surface area contributed by atoms with Crippen LogP contribution in [-0.4, -0.2) is 68.8 Å². The number of benzene rings is 2. The molecule has 0 unspecified atom stereocenters. The highest BCUT2D eigenvalue weighted by Crippen LogP contribution is 2.37. The summed E-state index contributed by atoms with van der Waals surface area (Å²) in [5.41, 5.74) is 11.4. The zero-order valence-corrected chi connectivity index (χ0v) is 21.6. The lowest BCUT2D eigenvalue weighted by atomic mass is 9.90. The van der Waals surface area contributed by atoms with Gasteiger partial charge in [0.15, 0.2) is 5.65 Å². The van der Waals surface area contributed by atoms with E-state index in [1.54, 1.807) is 6.33 Å². The largest absolute Gasteiger partial charge is 0.383 e. The third-order valence-corrected chi connectivity index (χ3v) is 8.06. The maximum absolute atomic E-state index is 6.41. The van der Waals surface area contributed by atoms with Gasteiger partial charge in [-0.25, -0.2) is 14.6 Å². The van der Waals surface area contributed by atoms with Crippen LogP contribution in [0, 0.1) is 0 Å². The van der Waals surface area contributed by atoms with E-state index in [2.05, 4.69) is 85.3 Å². The van der Waals surface area contributed by atoms with Crippen LogP contribution in [0.3, 0.4) is 0 Å². The van der Waals surface area contributed by atoms with Gasteiger partial charge in [0.25, 0.3) is 0 Å². The number of hydrogen-bond donors (Lipinski definition) is 2. The highest BCUT2D eigenvalue weighted by Gasteiger charge is 2.30. The number of nitrogen functional groups attached to an aromatic ring is 1.